The highest BCUT2D eigenvalue weighted by atomic mass is 16.4. The van der Waals surface area contributed by atoms with E-state index in [1.165, 1.54) is 0 Å². The number of pyridine rings is 1. The van der Waals surface area contributed by atoms with E-state index in [1.807, 2.05) is 42.5 Å². The van der Waals surface area contributed by atoms with E-state index in [-0.39, 0.29) is 0 Å². The summed E-state index contributed by atoms with van der Waals surface area (Å²) in [5.74, 6) is 0. The second kappa shape index (κ2) is 4.37. The highest BCUT2D eigenvalue weighted by Crippen LogP contribution is 2.09. The van der Waals surface area contributed by atoms with E-state index in [1.54, 1.807) is 12.4 Å². The third-order valence-corrected chi connectivity index (χ3v) is 2.10. The molecule has 0 aliphatic heterocycles. The van der Waals surface area contributed by atoms with Gasteiger partial charge in [-0.25, -0.2) is 0 Å². The van der Waals surface area contributed by atoms with Gasteiger partial charge in [0.2, 0.25) is 0 Å². The molecular formula is C12H10N2O. The van der Waals surface area contributed by atoms with Crippen LogP contribution in [-0.4, -0.2) is 15.9 Å². The molecular weight excluding hydrogens is 188 g/mol. The Morgan fingerprint density at radius 3 is 2.13 bits per heavy atom. The molecule has 0 radical (unpaired) electrons. The van der Waals surface area contributed by atoms with Crippen LogP contribution in [0.25, 0.3) is 0 Å². The van der Waals surface area contributed by atoms with Crippen molar-refractivity contribution in [2.24, 2.45) is 5.16 Å². The molecule has 3 nitrogen and oxygen atoms in total. The zero-order valence-corrected chi connectivity index (χ0v) is 8.04. The van der Waals surface area contributed by atoms with Crippen molar-refractivity contribution in [1.29, 1.82) is 0 Å². The summed E-state index contributed by atoms with van der Waals surface area (Å²) < 4.78 is 0. The first-order valence-electron chi connectivity index (χ1n) is 4.59. The maximum absolute atomic E-state index is 9.00. The van der Waals surface area contributed by atoms with Gasteiger partial charge in [-0.1, -0.05) is 35.5 Å². The van der Waals surface area contributed by atoms with Crippen LogP contribution in [0.5, 0.6) is 0 Å². The molecule has 0 fully saturated rings. The average Bonchev–Trinajstić information content (AvgIpc) is 2.33. The summed E-state index contributed by atoms with van der Waals surface area (Å²) in [6.45, 7) is 0. The molecule has 2 aromatic rings. The van der Waals surface area contributed by atoms with E-state index in [0.29, 0.717) is 5.71 Å². The molecule has 0 spiro atoms. The van der Waals surface area contributed by atoms with E-state index < -0.39 is 0 Å². The lowest BCUT2D eigenvalue weighted by atomic mass is 10.0. The van der Waals surface area contributed by atoms with Crippen molar-refractivity contribution in [3.05, 3.63) is 66.0 Å². The van der Waals surface area contributed by atoms with E-state index in [4.69, 9.17) is 5.21 Å². The van der Waals surface area contributed by atoms with Crippen LogP contribution in [0, 0.1) is 0 Å². The number of benzene rings is 1. The van der Waals surface area contributed by atoms with Crippen molar-refractivity contribution in [2.45, 2.75) is 0 Å². The zero-order chi connectivity index (χ0) is 10.5. The Balaban J connectivity index is 2.44. The Morgan fingerprint density at radius 1 is 0.933 bits per heavy atom. The van der Waals surface area contributed by atoms with Gasteiger partial charge in [0, 0.05) is 23.5 Å². The molecule has 1 heterocycles. The van der Waals surface area contributed by atoms with Crippen molar-refractivity contribution in [2.75, 3.05) is 0 Å². The molecule has 1 N–H and O–H groups in total. The van der Waals surface area contributed by atoms with Gasteiger partial charge in [0.05, 0.1) is 0 Å². The van der Waals surface area contributed by atoms with Crippen molar-refractivity contribution >= 4 is 5.71 Å². The number of rotatable bonds is 2. The third kappa shape index (κ3) is 2.02. The van der Waals surface area contributed by atoms with Gasteiger partial charge < -0.3 is 5.21 Å². The summed E-state index contributed by atoms with van der Waals surface area (Å²) >= 11 is 0. The van der Waals surface area contributed by atoms with E-state index in [2.05, 4.69) is 10.1 Å². The Labute approximate surface area is 87.7 Å². The molecule has 0 aliphatic carbocycles. The molecule has 0 bridgehead atoms. The van der Waals surface area contributed by atoms with Crippen LogP contribution in [-0.2, 0) is 0 Å². The molecule has 1 aromatic carbocycles. The van der Waals surface area contributed by atoms with Crippen LogP contribution in [0.3, 0.4) is 0 Å². The lowest BCUT2D eigenvalue weighted by Crippen LogP contribution is -2.02. The van der Waals surface area contributed by atoms with Gasteiger partial charge in [-0.05, 0) is 12.1 Å². The summed E-state index contributed by atoms with van der Waals surface area (Å²) in [5.41, 5.74) is 2.28. The number of oxime groups is 1. The van der Waals surface area contributed by atoms with Gasteiger partial charge in [-0.3, -0.25) is 4.98 Å². The second-order valence-corrected chi connectivity index (χ2v) is 3.05. The molecule has 2 rings (SSSR count). The maximum Gasteiger partial charge on any atom is 0.117 e. The smallest absolute Gasteiger partial charge is 0.117 e. The van der Waals surface area contributed by atoms with Crippen molar-refractivity contribution < 1.29 is 5.21 Å². The van der Waals surface area contributed by atoms with Crippen LogP contribution in [0.4, 0.5) is 0 Å². The highest BCUT2D eigenvalue weighted by molar-refractivity contribution is 6.12. The monoisotopic (exact) mass is 198 g/mol. The standard InChI is InChI=1S/C12H10N2O/c15-14-12(10-4-2-1-3-5-10)11-6-8-13-9-7-11/h1-9,15H/b14-12-. The lowest BCUT2D eigenvalue weighted by Gasteiger charge is -2.03. The van der Waals surface area contributed by atoms with Crippen LogP contribution < -0.4 is 0 Å². The summed E-state index contributed by atoms with van der Waals surface area (Å²) in [6, 6.07) is 13.1. The van der Waals surface area contributed by atoms with Crippen molar-refractivity contribution in [3.63, 3.8) is 0 Å². The predicted octanol–water partition coefficient (Wildman–Crippen LogP) is 2.31. The first-order valence-corrected chi connectivity index (χ1v) is 4.59. The Hall–Kier alpha value is -2.16. The topological polar surface area (TPSA) is 45.5 Å². The SMILES string of the molecule is O/N=C(/c1ccccc1)c1ccncc1. The third-order valence-electron chi connectivity index (χ3n) is 2.10. The molecule has 0 unspecified atom stereocenters. The Kier molecular flexibility index (Phi) is 2.74. The van der Waals surface area contributed by atoms with Gasteiger partial charge in [0.1, 0.15) is 5.71 Å². The van der Waals surface area contributed by atoms with Crippen molar-refractivity contribution in [1.82, 2.24) is 4.98 Å². The zero-order valence-electron chi connectivity index (χ0n) is 8.04. The minimum Gasteiger partial charge on any atom is -0.410 e. The quantitative estimate of drug-likeness (QED) is 0.457. The van der Waals surface area contributed by atoms with E-state index in [9.17, 15) is 0 Å². The predicted molar refractivity (Wildman–Crippen MR) is 58.1 cm³/mol. The first kappa shape index (κ1) is 9.40. The molecule has 0 atom stereocenters. The summed E-state index contributed by atoms with van der Waals surface area (Å²) in [7, 11) is 0. The second-order valence-electron chi connectivity index (χ2n) is 3.05. The van der Waals surface area contributed by atoms with Gasteiger partial charge in [0.25, 0.3) is 0 Å². The fraction of sp³-hybridized carbons (Fsp3) is 0. The fourth-order valence-electron chi connectivity index (χ4n) is 1.39. The van der Waals surface area contributed by atoms with Crippen LogP contribution in [0.1, 0.15) is 11.1 Å². The van der Waals surface area contributed by atoms with Crippen LogP contribution >= 0.6 is 0 Å². The molecule has 0 amide bonds. The molecule has 0 saturated heterocycles. The molecule has 0 aliphatic rings. The summed E-state index contributed by atoms with van der Waals surface area (Å²) in [4.78, 5) is 3.92. The number of hydrogen-bond acceptors (Lipinski definition) is 3. The van der Waals surface area contributed by atoms with Gasteiger partial charge >= 0.3 is 0 Å². The van der Waals surface area contributed by atoms with Crippen LogP contribution in [0.15, 0.2) is 60.0 Å². The molecule has 1 aromatic heterocycles. The van der Waals surface area contributed by atoms with E-state index >= 15 is 0 Å². The van der Waals surface area contributed by atoms with Gasteiger partial charge in [-0.2, -0.15) is 0 Å². The normalized spacial score (nSPS) is 11.3. The Bertz CT molecular complexity index is 410. The number of nitrogens with zero attached hydrogens (tertiary/aromatic N) is 2. The minimum absolute atomic E-state index is 0.554. The highest BCUT2D eigenvalue weighted by Gasteiger charge is 2.05. The molecule has 3 heteroatoms. The molecule has 15 heavy (non-hydrogen) atoms. The summed E-state index contributed by atoms with van der Waals surface area (Å²) in [6.07, 6.45) is 3.34. The Morgan fingerprint density at radius 2 is 1.53 bits per heavy atom. The maximum atomic E-state index is 9.00. The molecule has 74 valence electrons. The molecule has 0 saturated carbocycles. The van der Waals surface area contributed by atoms with Crippen molar-refractivity contribution in [3.8, 4) is 0 Å². The number of hydrogen-bond donors (Lipinski definition) is 1. The number of aromatic nitrogens is 1. The minimum atomic E-state index is 0.554. The van der Waals surface area contributed by atoms with E-state index in [0.717, 1.165) is 11.1 Å². The first-order chi connectivity index (χ1) is 7.42. The summed E-state index contributed by atoms with van der Waals surface area (Å²) in [5, 5.41) is 12.3. The van der Waals surface area contributed by atoms with Gasteiger partial charge in [-0.15, -0.1) is 0 Å². The lowest BCUT2D eigenvalue weighted by molar-refractivity contribution is 0.319. The van der Waals surface area contributed by atoms with Gasteiger partial charge in [0.15, 0.2) is 0 Å². The fourth-order valence-corrected chi connectivity index (χ4v) is 1.39. The van der Waals surface area contributed by atoms with Crippen LogP contribution in [0.2, 0.25) is 0 Å². The average molecular weight is 198 g/mol. The largest absolute Gasteiger partial charge is 0.410 e.